The van der Waals surface area contributed by atoms with E-state index in [4.69, 9.17) is 6.42 Å². The maximum absolute atomic E-state index is 13.5. The van der Waals surface area contributed by atoms with Crippen LogP contribution in [0.4, 0.5) is 8.78 Å². The van der Waals surface area contributed by atoms with Gasteiger partial charge in [-0.1, -0.05) is 0 Å². The van der Waals surface area contributed by atoms with Crippen LogP contribution >= 0.6 is 0 Å². The molecule has 0 amide bonds. The summed E-state index contributed by atoms with van der Waals surface area (Å²) in [4.78, 5) is 0. The van der Waals surface area contributed by atoms with Gasteiger partial charge in [0.05, 0.1) is 24.3 Å². The Bertz CT molecular complexity index is 986. The third-order valence-corrected chi connectivity index (χ3v) is 6.52. The lowest BCUT2D eigenvalue weighted by Crippen LogP contribution is -2.39. The van der Waals surface area contributed by atoms with Gasteiger partial charge in [-0.3, -0.25) is 4.68 Å². The number of halogens is 2. The summed E-state index contributed by atoms with van der Waals surface area (Å²) < 4.78 is 30.5. The van der Waals surface area contributed by atoms with Gasteiger partial charge in [0.2, 0.25) is 0 Å². The summed E-state index contributed by atoms with van der Waals surface area (Å²) in [6.07, 6.45) is 14.2. The van der Waals surface area contributed by atoms with E-state index in [-0.39, 0.29) is 18.9 Å². The summed E-state index contributed by atoms with van der Waals surface area (Å²) in [6.45, 7) is 0.602. The standard InChI is InChI=1S/C20H25F2N9/c1-2-3-7-20(26-27-20)8-9-23-17(14-12-24-30(13-14)15-5-4-6-15)18-25-28-29-31(18)16-10-19(21,22)11-16/h1,12-13,15-17,23H,3-11H2. The van der Waals surface area contributed by atoms with Gasteiger partial charge in [0.25, 0.3) is 5.92 Å². The highest BCUT2D eigenvalue weighted by Gasteiger charge is 2.48. The average molecular weight is 429 g/mol. The second-order valence-electron chi connectivity index (χ2n) is 8.76. The summed E-state index contributed by atoms with van der Waals surface area (Å²) in [5, 5.41) is 28.4. The van der Waals surface area contributed by atoms with Crippen molar-refractivity contribution in [1.82, 2.24) is 35.3 Å². The molecule has 2 fully saturated rings. The van der Waals surface area contributed by atoms with Gasteiger partial charge in [0.15, 0.2) is 11.5 Å². The molecule has 1 aliphatic heterocycles. The minimum absolute atomic E-state index is 0.244. The van der Waals surface area contributed by atoms with E-state index in [1.165, 1.54) is 11.1 Å². The fourth-order valence-electron chi connectivity index (χ4n) is 4.25. The van der Waals surface area contributed by atoms with Crippen LogP contribution in [0.25, 0.3) is 0 Å². The minimum atomic E-state index is -2.65. The molecule has 0 aromatic carbocycles. The van der Waals surface area contributed by atoms with Gasteiger partial charge in [0.1, 0.15) is 0 Å². The number of hydrogen-bond acceptors (Lipinski definition) is 7. The second-order valence-corrected chi connectivity index (χ2v) is 8.76. The zero-order valence-electron chi connectivity index (χ0n) is 17.2. The van der Waals surface area contributed by atoms with Crippen molar-refractivity contribution in [1.29, 1.82) is 0 Å². The third-order valence-electron chi connectivity index (χ3n) is 6.52. The molecule has 164 valence electrons. The van der Waals surface area contributed by atoms with Crippen molar-refractivity contribution in [3.8, 4) is 12.3 Å². The number of nitrogens with zero attached hydrogens (tertiary/aromatic N) is 8. The first-order valence-corrected chi connectivity index (χ1v) is 10.8. The average Bonchev–Trinajstić information content (AvgIpc) is 3.07. The third kappa shape index (κ3) is 4.08. The Kier molecular flexibility index (Phi) is 5.04. The molecule has 0 spiro atoms. The monoisotopic (exact) mass is 429 g/mol. The Hall–Kier alpha value is -2.74. The quantitative estimate of drug-likeness (QED) is 0.585. The van der Waals surface area contributed by atoms with E-state index in [1.807, 2.05) is 17.1 Å². The SMILES string of the molecule is C#CCCC1(CCNC(c2cnn(C3CCC3)c2)c2nnnn2C2CC(F)(F)C2)N=N1. The molecule has 2 aromatic heterocycles. The lowest BCUT2D eigenvalue weighted by molar-refractivity contribution is -0.108. The van der Waals surface area contributed by atoms with Crippen molar-refractivity contribution in [2.24, 2.45) is 10.2 Å². The van der Waals surface area contributed by atoms with Crippen molar-refractivity contribution in [3.63, 3.8) is 0 Å². The van der Waals surface area contributed by atoms with Crippen molar-refractivity contribution < 1.29 is 8.78 Å². The molecule has 31 heavy (non-hydrogen) atoms. The number of terminal acetylenes is 1. The molecule has 2 aromatic rings. The molecule has 11 heteroatoms. The fourth-order valence-corrected chi connectivity index (χ4v) is 4.25. The van der Waals surface area contributed by atoms with Crippen LogP contribution in [0.2, 0.25) is 0 Å². The molecule has 1 atom stereocenters. The fraction of sp³-hybridized carbons (Fsp3) is 0.700. The maximum atomic E-state index is 13.5. The zero-order valence-corrected chi connectivity index (χ0v) is 17.2. The zero-order chi connectivity index (χ0) is 21.5. The predicted octanol–water partition coefficient (Wildman–Crippen LogP) is 3.21. The van der Waals surface area contributed by atoms with Gasteiger partial charge >= 0.3 is 0 Å². The lowest BCUT2D eigenvalue weighted by atomic mass is 9.88. The molecule has 2 aliphatic carbocycles. The largest absolute Gasteiger partial charge is 0.303 e. The van der Waals surface area contributed by atoms with Crippen LogP contribution < -0.4 is 5.32 Å². The highest BCUT2D eigenvalue weighted by atomic mass is 19.3. The number of rotatable bonds is 10. The highest BCUT2D eigenvalue weighted by Crippen LogP contribution is 2.46. The van der Waals surface area contributed by atoms with Gasteiger partial charge in [-0.15, -0.1) is 17.4 Å². The molecule has 5 rings (SSSR count). The van der Waals surface area contributed by atoms with Crippen LogP contribution in [0.1, 0.15) is 80.9 Å². The van der Waals surface area contributed by atoms with Crippen LogP contribution in [0, 0.1) is 12.3 Å². The molecule has 0 bridgehead atoms. The van der Waals surface area contributed by atoms with Crippen LogP contribution in [0.3, 0.4) is 0 Å². The molecular weight excluding hydrogens is 404 g/mol. The van der Waals surface area contributed by atoms with Crippen molar-refractivity contribution in [2.75, 3.05) is 6.54 Å². The molecule has 1 N–H and O–H groups in total. The predicted molar refractivity (Wildman–Crippen MR) is 106 cm³/mol. The minimum Gasteiger partial charge on any atom is -0.303 e. The van der Waals surface area contributed by atoms with Crippen molar-refractivity contribution in [2.45, 2.75) is 81.1 Å². The lowest BCUT2D eigenvalue weighted by Gasteiger charge is -2.35. The summed E-state index contributed by atoms with van der Waals surface area (Å²) >= 11 is 0. The molecule has 9 nitrogen and oxygen atoms in total. The van der Waals surface area contributed by atoms with Crippen molar-refractivity contribution >= 4 is 0 Å². The number of tetrazole rings is 1. The van der Waals surface area contributed by atoms with Gasteiger partial charge < -0.3 is 5.32 Å². The van der Waals surface area contributed by atoms with Crippen LogP contribution in [-0.4, -0.2) is 48.1 Å². The molecule has 2 saturated carbocycles. The molecular formula is C20H25F2N9. The summed E-state index contributed by atoms with van der Waals surface area (Å²) in [7, 11) is 0. The highest BCUT2D eigenvalue weighted by molar-refractivity contribution is 5.20. The summed E-state index contributed by atoms with van der Waals surface area (Å²) in [5.41, 5.74) is 0.513. The number of nitrogens with one attached hydrogen (secondary N) is 1. The first-order valence-electron chi connectivity index (χ1n) is 10.8. The van der Waals surface area contributed by atoms with Crippen LogP contribution in [-0.2, 0) is 0 Å². The molecule has 3 heterocycles. The van der Waals surface area contributed by atoms with Gasteiger partial charge in [0, 0.05) is 50.4 Å². The number of alkyl halides is 2. The second kappa shape index (κ2) is 7.75. The molecule has 3 aliphatic rings. The first kappa shape index (κ1) is 20.2. The van der Waals surface area contributed by atoms with E-state index in [0.717, 1.165) is 24.8 Å². The Balaban J connectivity index is 1.33. The van der Waals surface area contributed by atoms with E-state index in [2.05, 4.69) is 42.1 Å². The van der Waals surface area contributed by atoms with Crippen molar-refractivity contribution in [3.05, 3.63) is 23.8 Å². The van der Waals surface area contributed by atoms with Crippen LogP contribution in [0.15, 0.2) is 22.6 Å². The smallest absolute Gasteiger partial charge is 0.252 e. The van der Waals surface area contributed by atoms with E-state index >= 15 is 0 Å². The summed E-state index contributed by atoms with van der Waals surface area (Å²) in [5.74, 6) is 0.508. The number of hydrogen-bond donors (Lipinski definition) is 1. The van der Waals surface area contributed by atoms with Gasteiger partial charge in [-0.2, -0.15) is 15.3 Å². The first-order chi connectivity index (χ1) is 15.0. The Morgan fingerprint density at radius 3 is 2.68 bits per heavy atom. The van der Waals surface area contributed by atoms with Gasteiger partial charge in [-0.25, -0.2) is 13.5 Å². The number of aromatic nitrogens is 6. The van der Waals surface area contributed by atoms with E-state index in [1.54, 1.807) is 0 Å². The Morgan fingerprint density at radius 1 is 1.23 bits per heavy atom. The van der Waals surface area contributed by atoms with E-state index in [9.17, 15) is 8.78 Å². The topological polar surface area (TPSA) is 98.2 Å². The summed E-state index contributed by atoms with van der Waals surface area (Å²) in [6, 6.07) is -0.338. The molecule has 1 unspecified atom stereocenters. The normalized spacial score (nSPS) is 22.5. The maximum Gasteiger partial charge on any atom is 0.252 e. The van der Waals surface area contributed by atoms with Gasteiger partial charge in [-0.05, 0) is 29.7 Å². The van der Waals surface area contributed by atoms with E-state index in [0.29, 0.717) is 31.3 Å². The Morgan fingerprint density at radius 2 is 2.03 bits per heavy atom. The molecule has 0 saturated heterocycles. The van der Waals surface area contributed by atoms with E-state index < -0.39 is 17.6 Å². The molecule has 0 radical (unpaired) electrons. The Labute approximate surface area is 178 Å². The van der Waals surface area contributed by atoms with Crippen LogP contribution in [0.5, 0.6) is 0 Å².